The first-order valence-corrected chi connectivity index (χ1v) is 5.45. The third-order valence-corrected chi connectivity index (χ3v) is 2.92. The first-order valence-electron chi connectivity index (χ1n) is 5.45. The maximum Gasteiger partial charge on any atom is 0.183 e. The summed E-state index contributed by atoms with van der Waals surface area (Å²) in [5, 5.41) is 6.87. The largest absolute Gasteiger partial charge is 0.397 e. The van der Waals surface area contributed by atoms with Gasteiger partial charge in [0.15, 0.2) is 11.6 Å². The molecule has 0 saturated heterocycles. The molecule has 0 bridgehead atoms. The molecule has 0 spiro atoms. The fourth-order valence-electron chi connectivity index (χ4n) is 1.65. The molecule has 0 saturated carbocycles. The first-order chi connectivity index (χ1) is 8.50. The van der Waals surface area contributed by atoms with Crippen LogP contribution in [0.2, 0.25) is 0 Å². The molecule has 0 atom stereocenters. The Balaban J connectivity index is 2.21. The molecule has 3 N–H and O–H groups in total. The van der Waals surface area contributed by atoms with E-state index in [1.54, 1.807) is 10.9 Å². The monoisotopic (exact) mass is 252 g/mol. The van der Waals surface area contributed by atoms with Crippen LogP contribution in [0.25, 0.3) is 0 Å². The highest BCUT2D eigenvalue weighted by atomic mass is 19.2. The molecule has 2 rings (SSSR count). The number of halogens is 2. The van der Waals surface area contributed by atoms with Gasteiger partial charge in [-0.3, -0.25) is 4.68 Å². The van der Waals surface area contributed by atoms with Gasteiger partial charge in [0.2, 0.25) is 0 Å². The molecular formula is C12H14F2N4. The Labute approximate surface area is 103 Å². The summed E-state index contributed by atoms with van der Waals surface area (Å²) in [6.45, 7) is 2.24. The van der Waals surface area contributed by atoms with Crippen LogP contribution >= 0.6 is 0 Å². The molecule has 0 fully saturated rings. The maximum absolute atomic E-state index is 13.5. The van der Waals surface area contributed by atoms with Crippen LogP contribution in [0.1, 0.15) is 11.3 Å². The number of nitrogens with one attached hydrogen (secondary N) is 1. The van der Waals surface area contributed by atoms with Crippen molar-refractivity contribution in [2.45, 2.75) is 13.5 Å². The fourth-order valence-corrected chi connectivity index (χ4v) is 1.65. The Morgan fingerprint density at radius 1 is 1.39 bits per heavy atom. The van der Waals surface area contributed by atoms with Crippen molar-refractivity contribution in [3.05, 3.63) is 41.2 Å². The Hall–Kier alpha value is -2.11. The van der Waals surface area contributed by atoms with Crippen molar-refractivity contribution in [3.8, 4) is 0 Å². The van der Waals surface area contributed by atoms with Crippen molar-refractivity contribution in [2.75, 3.05) is 11.1 Å². The van der Waals surface area contributed by atoms with Gasteiger partial charge in [-0.2, -0.15) is 5.10 Å². The van der Waals surface area contributed by atoms with E-state index in [0.29, 0.717) is 6.54 Å². The van der Waals surface area contributed by atoms with E-state index in [9.17, 15) is 8.78 Å². The summed E-state index contributed by atoms with van der Waals surface area (Å²) in [5.74, 6) is -1.88. The van der Waals surface area contributed by atoms with Crippen LogP contribution in [0.4, 0.5) is 20.2 Å². The molecule has 0 unspecified atom stereocenters. The number of nitrogen functional groups attached to an aromatic ring is 1. The molecule has 0 radical (unpaired) electrons. The molecular weight excluding hydrogens is 238 g/mol. The van der Waals surface area contributed by atoms with E-state index < -0.39 is 11.6 Å². The molecule has 0 aliphatic carbocycles. The predicted octanol–water partition coefficient (Wildman–Crippen LogP) is 2.20. The summed E-state index contributed by atoms with van der Waals surface area (Å²) in [5.41, 5.74) is 7.63. The molecule has 1 heterocycles. The van der Waals surface area contributed by atoms with Gasteiger partial charge in [-0.25, -0.2) is 8.78 Å². The van der Waals surface area contributed by atoms with Crippen molar-refractivity contribution < 1.29 is 8.78 Å². The second-order valence-corrected chi connectivity index (χ2v) is 4.06. The number of nitrogens with two attached hydrogens (primary N) is 1. The lowest BCUT2D eigenvalue weighted by Crippen LogP contribution is -2.07. The van der Waals surface area contributed by atoms with Gasteiger partial charge in [0, 0.05) is 24.8 Å². The number of benzene rings is 1. The van der Waals surface area contributed by atoms with E-state index >= 15 is 0 Å². The van der Waals surface area contributed by atoms with Crippen molar-refractivity contribution in [1.29, 1.82) is 0 Å². The molecule has 2 aromatic rings. The topological polar surface area (TPSA) is 55.9 Å². The fraction of sp³-hybridized carbons (Fsp3) is 0.250. The molecule has 0 amide bonds. The van der Waals surface area contributed by atoms with Crippen LogP contribution in [-0.2, 0) is 13.6 Å². The number of hydrogen-bond donors (Lipinski definition) is 2. The van der Waals surface area contributed by atoms with E-state index in [2.05, 4.69) is 10.4 Å². The lowest BCUT2D eigenvalue weighted by molar-refractivity contribution is 0.511. The third-order valence-electron chi connectivity index (χ3n) is 2.92. The normalized spacial score (nSPS) is 10.7. The Kier molecular flexibility index (Phi) is 3.18. The molecule has 0 aliphatic rings. The number of rotatable bonds is 3. The number of aryl methyl sites for hydroxylation is 1. The smallest absolute Gasteiger partial charge is 0.183 e. The second kappa shape index (κ2) is 4.64. The predicted molar refractivity (Wildman–Crippen MR) is 66.0 cm³/mol. The highest BCUT2D eigenvalue weighted by Crippen LogP contribution is 2.25. The minimum atomic E-state index is -0.962. The van der Waals surface area contributed by atoms with E-state index in [0.717, 1.165) is 17.3 Å². The summed E-state index contributed by atoms with van der Waals surface area (Å²) in [7, 11) is 1.82. The lowest BCUT2D eigenvalue weighted by atomic mass is 10.2. The molecule has 96 valence electrons. The average Bonchev–Trinajstić information content (AvgIpc) is 2.66. The second-order valence-electron chi connectivity index (χ2n) is 4.06. The summed E-state index contributed by atoms with van der Waals surface area (Å²) in [6, 6.07) is 2.34. The van der Waals surface area contributed by atoms with Crippen LogP contribution in [0.3, 0.4) is 0 Å². The van der Waals surface area contributed by atoms with Gasteiger partial charge >= 0.3 is 0 Å². The zero-order valence-electron chi connectivity index (χ0n) is 10.2. The van der Waals surface area contributed by atoms with Gasteiger partial charge in [0.1, 0.15) is 0 Å². The number of nitrogens with zero attached hydrogens (tertiary/aromatic N) is 2. The van der Waals surface area contributed by atoms with Crippen LogP contribution in [0, 0.1) is 18.6 Å². The van der Waals surface area contributed by atoms with Gasteiger partial charge in [-0.1, -0.05) is 0 Å². The number of aromatic nitrogens is 2. The van der Waals surface area contributed by atoms with Crippen LogP contribution in [0.15, 0.2) is 18.3 Å². The SMILES string of the molecule is Cc1c(CNc2c(N)ccc(F)c2F)cnn1C. The summed E-state index contributed by atoms with van der Waals surface area (Å²) in [4.78, 5) is 0. The van der Waals surface area contributed by atoms with Crippen molar-refractivity contribution in [3.63, 3.8) is 0 Å². The highest BCUT2D eigenvalue weighted by Gasteiger charge is 2.12. The van der Waals surface area contributed by atoms with E-state index in [4.69, 9.17) is 5.73 Å². The molecule has 1 aromatic carbocycles. The molecule has 18 heavy (non-hydrogen) atoms. The zero-order valence-corrected chi connectivity index (χ0v) is 10.2. The van der Waals surface area contributed by atoms with E-state index in [-0.39, 0.29) is 11.4 Å². The van der Waals surface area contributed by atoms with E-state index in [1.807, 2.05) is 14.0 Å². The third kappa shape index (κ3) is 2.13. The molecule has 1 aromatic heterocycles. The van der Waals surface area contributed by atoms with Gasteiger partial charge in [-0.05, 0) is 19.1 Å². The first kappa shape index (κ1) is 12.3. The van der Waals surface area contributed by atoms with Gasteiger partial charge in [0.05, 0.1) is 17.6 Å². The average molecular weight is 252 g/mol. The summed E-state index contributed by atoms with van der Waals surface area (Å²) < 4.78 is 28.3. The van der Waals surface area contributed by atoms with Crippen LogP contribution in [-0.4, -0.2) is 9.78 Å². The van der Waals surface area contributed by atoms with Gasteiger partial charge < -0.3 is 11.1 Å². The summed E-state index contributed by atoms with van der Waals surface area (Å²) in [6.07, 6.45) is 1.68. The molecule has 6 heteroatoms. The number of anilines is 2. The van der Waals surface area contributed by atoms with Crippen molar-refractivity contribution in [2.24, 2.45) is 7.05 Å². The maximum atomic E-state index is 13.5. The molecule has 0 aliphatic heterocycles. The Bertz CT molecular complexity index is 578. The summed E-state index contributed by atoms with van der Waals surface area (Å²) >= 11 is 0. The molecule has 4 nitrogen and oxygen atoms in total. The standard InChI is InChI=1S/C12H14F2N4/c1-7-8(6-17-18(7)2)5-16-12-10(15)4-3-9(13)11(12)14/h3-4,6,16H,5,15H2,1-2H3. The quantitative estimate of drug-likeness (QED) is 0.823. The van der Waals surface area contributed by atoms with Crippen LogP contribution in [0.5, 0.6) is 0 Å². The van der Waals surface area contributed by atoms with Gasteiger partial charge in [0.25, 0.3) is 0 Å². The Morgan fingerprint density at radius 3 is 2.72 bits per heavy atom. The minimum Gasteiger partial charge on any atom is -0.397 e. The van der Waals surface area contributed by atoms with Gasteiger partial charge in [-0.15, -0.1) is 0 Å². The minimum absolute atomic E-state index is 0.0155. The highest BCUT2D eigenvalue weighted by molar-refractivity contribution is 5.66. The van der Waals surface area contributed by atoms with Crippen LogP contribution < -0.4 is 11.1 Å². The van der Waals surface area contributed by atoms with Crippen molar-refractivity contribution >= 4 is 11.4 Å². The zero-order chi connectivity index (χ0) is 13.3. The lowest BCUT2D eigenvalue weighted by Gasteiger charge is -2.10. The Morgan fingerprint density at radius 2 is 2.11 bits per heavy atom. The van der Waals surface area contributed by atoms with E-state index in [1.165, 1.54) is 6.07 Å². The number of hydrogen-bond acceptors (Lipinski definition) is 3. The van der Waals surface area contributed by atoms with Crippen molar-refractivity contribution in [1.82, 2.24) is 9.78 Å².